The van der Waals surface area contributed by atoms with E-state index >= 15 is 0 Å². The Balaban J connectivity index is 1.08. The van der Waals surface area contributed by atoms with Gasteiger partial charge >= 0.3 is 0 Å². The number of hydrogen-bond acceptors (Lipinski definition) is 3. The van der Waals surface area contributed by atoms with Crippen LogP contribution in [0.25, 0.3) is 88.6 Å². The first-order chi connectivity index (χ1) is 28.3. The number of hydrogen-bond donors (Lipinski definition) is 0. The molecule has 3 nitrogen and oxygen atoms in total. The second kappa shape index (κ2) is 13.6. The van der Waals surface area contributed by atoms with Gasteiger partial charge in [0.15, 0.2) is 0 Å². The van der Waals surface area contributed by atoms with Gasteiger partial charge in [0, 0.05) is 17.6 Å². The van der Waals surface area contributed by atoms with E-state index in [0.29, 0.717) is 0 Å². The lowest BCUT2D eigenvalue weighted by atomic mass is 9.82. The molecule has 0 unspecified atom stereocenters. The van der Waals surface area contributed by atoms with Crippen molar-refractivity contribution in [1.82, 2.24) is 9.97 Å². The Labute approximate surface area is 331 Å². The van der Waals surface area contributed by atoms with E-state index in [9.17, 15) is 0 Å². The predicted molar refractivity (Wildman–Crippen MR) is 238 cm³/mol. The molecule has 0 spiro atoms. The van der Waals surface area contributed by atoms with E-state index in [2.05, 4.69) is 186 Å². The summed E-state index contributed by atoms with van der Waals surface area (Å²) < 4.78 is 0. The van der Waals surface area contributed by atoms with Crippen molar-refractivity contribution in [2.45, 2.75) is 0 Å². The van der Waals surface area contributed by atoms with E-state index in [-0.39, 0.29) is 0 Å². The third kappa shape index (κ3) is 5.43. The van der Waals surface area contributed by atoms with Crippen LogP contribution in [0.3, 0.4) is 0 Å². The van der Waals surface area contributed by atoms with Gasteiger partial charge in [0.1, 0.15) is 5.82 Å². The molecule has 10 aromatic rings. The highest BCUT2D eigenvalue weighted by molar-refractivity contribution is 6.28. The largest absolute Gasteiger partial charge is 0.295 e. The first-order valence-electron chi connectivity index (χ1n) is 19.4. The van der Waals surface area contributed by atoms with Crippen molar-refractivity contribution in [3.05, 3.63) is 212 Å². The highest BCUT2D eigenvalue weighted by atomic mass is 15.2. The third-order valence-electron chi connectivity index (χ3n) is 11.3. The van der Waals surface area contributed by atoms with Crippen LogP contribution in [0.5, 0.6) is 0 Å². The van der Waals surface area contributed by atoms with Crippen LogP contribution < -0.4 is 4.90 Å². The summed E-state index contributed by atoms with van der Waals surface area (Å²) in [7, 11) is 0. The van der Waals surface area contributed by atoms with Crippen LogP contribution in [0.15, 0.2) is 212 Å². The molecule has 8 aromatic carbocycles. The Kier molecular flexibility index (Phi) is 7.82. The van der Waals surface area contributed by atoms with Gasteiger partial charge in [-0.25, -0.2) is 4.98 Å². The molecule has 0 bridgehead atoms. The van der Waals surface area contributed by atoms with Crippen molar-refractivity contribution < 1.29 is 0 Å². The molecule has 0 fully saturated rings. The summed E-state index contributed by atoms with van der Waals surface area (Å²) in [6, 6.07) is 73.7. The minimum absolute atomic E-state index is 0.830. The number of pyridine rings is 2. The zero-order valence-electron chi connectivity index (χ0n) is 31.0. The van der Waals surface area contributed by atoms with Gasteiger partial charge in [-0.1, -0.05) is 158 Å². The van der Waals surface area contributed by atoms with Gasteiger partial charge < -0.3 is 0 Å². The second-order valence-corrected chi connectivity index (χ2v) is 14.5. The normalized spacial score (nSPS) is 11.5. The monoisotopic (exact) mass is 725 g/mol. The highest BCUT2D eigenvalue weighted by Crippen LogP contribution is 2.58. The maximum absolute atomic E-state index is 5.11. The quantitative estimate of drug-likeness (QED) is 0.164. The standard InChI is InChI=1S/C54H35N3/c1-4-16-37(17-5-1)50-43-22-10-11-23-44(43)51(38-18-6-2-7-19-38)54-46-34-33-41(42-24-14-25-45(52(42)46)53(50)54)36-29-31-40(32-30-36)57(39-20-8-3-9-21-39)49-28-15-27-48(56-49)47-26-12-13-35-55-47/h1-35H. The molecule has 0 saturated carbocycles. The Morgan fingerprint density at radius 1 is 0.316 bits per heavy atom. The molecule has 0 N–H and O–H groups in total. The number of para-hydroxylation sites is 1. The lowest BCUT2D eigenvalue weighted by molar-refractivity contribution is 1.17. The fraction of sp³-hybridized carbons (Fsp3) is 0. The van der Waals surface area contributed by atoms with Crippen molar-refractivity contribution in [3.63, 3.8) is 0 Å². The Hall–Kier alpha value is -7.62. The number of benzene rings is 8. The third-order valence-corrected chi connectivity index (χ3v) is 11.3. The molecule has 3 heteroatoms. The fourth-order valence-corrected chi connectivity index (χ4v) is 8.85. The Bertz CT molecular complexity index is 3000. The highest BCUT2D eigenvalue weighted by Gasteiger charge is 2.31. The van der Waals surface area contributed by atoms with Crippen LogP contribution in [-0.2, 0) is 0 Å². The summed E-state index contributed by atoms with van der Waals surface area (Å²) in [5, 5.41) is 5.09. The summed E-state index contributed by atoms with van der Waals surface area (Å²) in [6.07, 6.45) is 1.81. The van der Waals surface area contributed by atoms with Crippen LogP contribution in [0.2, 0.25) is 0 Å². The fourth-order valence-electron chi connectivity index (χ4n) is 8.85. The van der Waals surface area contributed by atoms with E-state index in [1.54, 1.807) is 0 Å². The lowest BCUT2D eigenvalue weighted by Gasteiger charge is -2.25. The van der Waals surface area contributed by atoms with Gasteiger partial charge in [-0.05, 0) is 126 Å². The van der Waals surface area contributed by atoms with E-state index in [4.69, 9.17) is 4.98 Å². The summed E-state index contributed by atoms with van der Waals surface area (Å²) in [4.78, 5) is 11.9. The van der Waals surface area contributed by atoms with Crippen LogP contribution in [-0.4, -0.2) is 9.97 Å². The molecular formula is C54H35N3. The SMILES string of the molecule is c1ccc(-c2c3c(c(-c4ccccc4)c4ccccc24)-c2ccc(-c4ccc(N(c5ccccc5)c5cccc(-c6ccccn6)n5)cc4)c4cccc-3c24)cc1. The van der Waals surface area contributed by atoms with Crippen LogP contribution in [0.1, 0.15) is 0 Å². The zero-order chi connectivity index (χ0) is 37.7. The summed E-state index contributed by atoms with van der Waals surface area (Å²) in [5.41, 5.74) is 16.3. The summed E-state index contributed by atoms with van der Waals surface area (Å²) in [5.74, 6) is 0.830. The average molecular weight is 726 g/mol. The maximum atomic E-state index is 5.11. The first-order valence-corrected chi connectivity index (χ1v) is 19.4. The minimum atomic E-state index is 0.830. The lowest BCUT2D eigenvalue weighted by Crippen LogP contribution is -2.11. The molecule has 11 rings (SSSR count). The molecule has 1 aliphatic rings. The van der Waals surface area contributed by atoms with Crippen molar-refractivity contribution in [2.75, 3.05) is 4.90 Å². The second-order valence-electron chi connectivity index (χ2n) is 14.5. The van der Waals surface area contributed by atoms with Crippen molar-refractivity contribution >= 4 is 38.7 Å². The molecular weight excluding hydrogens is 691 g/mol. The van der Waals surface area contributed by atoms with Crippen LogP contribution in [0, 0.1) is 0 Å². The first kappa shape index (κ1) is 32.8. The van der Waals surface area contributed by atoms with Crippen LogP contribution >= 0.6 is 0 Å². The summed E-state index contributed by atoms with van der Waals surface area (Å²) >= 11 is 0. The average Bonchev–Trinajstić information content (AvgIpc) is 3.62. The number of aromatic nitrogens is 2. The van der Waals surface area contributed by atoms with Gasteiger partial charge in [-0.2, -0.15) is 0 Å². The van der Waals surface area contributed by atoms with E-state index in [1.807, 2.05) is 36.5 Å². The number of nitrogens with zero attached hydrogens (tertiary/aromatic N) is 3. The molecule has 0 atom stereocenters. The van der Waals surface area contributed by atoms with Crippen LogP contribution in [0.4, 0.5) is 17.2 Å². The van der Waals surface area contributed by atoms with Gasteiger partial charge in [-0.3, -0.25) is 9.88 Å². The van der Waals surface area contributed by atoms with Gasteiger partial charge in [0.25, 0.3) is 0 Å². The minimum Gasteiger partial charge on any atom is -0.295 e. The molecule has 2 aromatic heterocycles. The molecule has 0 amide bonds. The van der Waals surface area contributed by atoms with Crippen molar-refractivity contribution in [1.29, 1.82) is 0 Å². The number of rotatable bonds is 7. The number of anilines is 3. The molecule has 1 aliphatic carbocycles. The van der Waals surface area contributed by atoms with E-state index < -0.39 is 0 Å². The topological polar surface area (TPSA) is 29.0 Å². The molecule has 57 heavy (non-hydrogen) atoms. The van der Waals surface area contributed by atoms with Crippen molar-refractivity contribution in [2.24, 2.45) is 0 Å². The van der Waals surface area contributed by atoms with E-state index in [1.165, 1.54) is 77.2 Å². The van der Waals surface area contributed by atoms with Gasteiger partial charge in [0.05, 0.1) is 11.4 Å². The molecule has 266 valence electrons. The molecule has 0 radical (unpaired) electrons. The summed E-state index contributed by atoms with van der Waals surface area (Å²) in [6.45, 7) is 0. The zero-order valence-corrected chi connectivity index (χ0v) is 31.0. The van der Waals surface area contributed by atoms with E-state index in [0.717, 1.165) is 28.6 Å². The predicted octanol–water partition coefficient (Wildman–Crippen LogP) is 14.6. The molecule has 2 heterocycles. The molecule has 0 aliphatic heterocycles. The smallest absolute Gasteiger partial charge is 0.138 e. The van der Waals surface area contributed by atoms with Crippen molar-refractivity contribution in [3.8, 4) is 67.0 Å². The van der Waals surface area contributed by atoms with Gasteiger partial charge in [-0.15, -0.1) is 0 Å². The Morgan fingerprint density at radius 3 is 1.49 bits per heavy atom. The van der Waals surface area contributed by atoms with Gasteiger partial charge in [0.2, 0.25) is 0 Å². The maximum Gasteiger partial charge on any atom is 0.138 e. The number of fused-ring (bicyclic) bond motifs is 4. The molecule has 0 saturated heterocycles. The Morgan fingerprint density at radius 2 is 0.842 bits per heavy atom.